The summed E-state index contributed by atoms with van der Waals surface area (Å²) in [4.78, 5) is 8.87. The van der Waals surface area contributed by atoms with Gasteiger partial charge in [0.2, 0.25) is 0 Å². The quantitative estimate of drug-likeness (QED) is 0.381. The highest BCUT2D eigenvalue weighted by atomic mass is 79.9. The molecule has 2 aromatic carbocycles. The minimum absolute atomic E-state index is 0.0762. The largest absolute Gasteiger partial charge is 0.506 e. The summed E-state index contributed by atoms with van der Waals surface area (Å²) in [6, 6.07) is 12.9. The molecule has 0 radical (unpaired) electrons. The number of aryl methyl sites for hydroxylation is 1. The molecule has 0 spiro atoms. The lowest BCUT2D eigenvalue weighted by molar-refractivity contribution is 0.414. The number of nitrogens with one attached hydrogen (secondary N) is 1. The third-order valence-electron chi connectivity index (χ3n) is 3.64. The van der Waals surface area contributed by atoms with Gasteiger partial charge in [-0.3, -0.25) is 5.43 Å². The predicted octanol–water partition coefficient (Wildman–Crippen LogP) is 5.14. The van der Waals surface area contributed by atoms with Crippen LogP contribution in [-0.4, -0.2) is 28.4 Å². The van der Waals surface area contributed by atoms with Gasteiger partial charge in [-0.2, -0.15) is 5.10 Å². The Balaban J connectivity index is 1.89. The van der Waals surface area contributed by atoms with Crippen LogP contribution in [0.5, 0.6) is 11.5 Å². The molecule has 8 heteroatoms. The van der Waals surface area contributed by atoms with Gasteiger partial charge in [0.15, 0.2) is 11.6 Å². The monoisotopic (exact) mass is 490 g/mol. The normalized spacial score (nSPS) is 11.0. The van der Waals surface area contributed by atoms with Gasteiger partial charge in [-0.05, 0) is 47.1 Å². The fourth-order valence-electron chi connectivity index (χ4n) is 2.42. The average Bonchev–Trinajstić information content (AvgIpc) is 2.64. The van der Waals surface area contributed by atoms with E-state index in [2.05, 4.69) is 52.4 Å². The molecule has 0 fully saturated rings. The zero-order valence-electron chi connectivity index (χ0n) is 14.6. The number of phenolic OH excluding ortho intramolecular Hbond substituents is 1. The number of methoxy groups -OCH3 is 1. The van der Waals surface area contributed by atoms with E-state index in [4.69, 9.17) is 4.74 Å². The molecule has 0 unspecified atom stereocenters. The molecule has 0 atom stereocenters. The predicted molar refractivity (Wildman–Crippen MR) is 113 cm³/mol. The van der Waals surface area contributed by atoms with Crippen molar-refractivity contribution in [2.75, 3.05) is 12.5 Å². The third kappa shape index (κ3) is 4.64. The van der Waals surface area contributed by atoms with E-state index in [0.29, 0.717) is 21.7 Å². The second-order valence-electron chi connectivity index (χ2n) is 5.61. The Morgan fingerprint density at radius 3 is 2.70 bits per heavy atom. The van der Waals surface area contributed by atoms with Crippen molar-refractivity contribution in [3.05, 3.63) is 62.7 Å². The smallest absolute Gasteiger partial charge is 0.165 e. The molecule has 0 saturated heterocycles. The number of nitrogens with zero attached hydrogens (tertiary/aromatic N) is 3. The number of hydrogen-bond acceptors (Lipinski definition) is 6. The minimum atomic E-state index is 0.0762. The van der Waals surface area contributed by atoms with E-state index in [-0.39, 0.29) is 5.75 Å². The average molecular weight is 492 g/mol. The molecule has 1 aromatic heterocycles. The number of ether oxygens (including phenoxy) is 1. The van der Waals surface area contributed by atoms with Gasteiger partial charge in [-0.15, -0.1) is 0 Å². The number of phenols is 1. The van der Waals surface area contributed by atoms with Gasteiger partial charge in [-0.25, -0.2) is 9.97 Å². The summed E-state index contributed by atoms with van der Waals surface area (Å²) in [7, 11) is 1.61. The lowest BCUT2D eigenvalue weighted by Crippen LogP contribution is -2.00. The fraction of sp³-hybridized carbons (Fsp3) is 0.105. The van der Waals surface area contributed by atoms with Crippen molar-refractivity contribution in [1.29, 1.82) is 0 Å². The lowest BCUT2D eigenvalue weighted by atomic mass is 10.2. The van der Waals surface area contributed by atoms with Crippen LogP contribution in [0.15, 0.2) is 56.5 Å². The highest BCUT2D eigenvalue weighted by Crippen LogP contribution is 2.37. The van der Waals surface area contributed by atoms with Crippen LogP contribution < -0.4 is 10.2 Å². The van der Waals surface area contributed by atoms with Crippen molar-refractivity contribution in [3.63, 3.8) is 0 Å². The van der Waals surface area contributed by atoms with E-state index in [0.717, 1.165) is 21.5 Å². The van der Waals surface area contributed by atoms with Crippen LogP contribution in [0.25, 0.3) is 11.4 Å². The highest BCUT2D eigenvalue weighted by molar-refractivity contribution is 9.11. The van der Waals surface area contributed by atoms with Crippen molar-refractivity contribution in [3.8, 4) is 22.9 Å². The first kappa shape index (κ1) is 19.3. The van der Waals surface area contributed by atoms with Crippen LogP contribution in [0.4, 0.5) is 5.82 Å². The molecule has 3 rings (SSSR count). The summed E-state index contributed by atoms with van der Waals surface area (Å²) < 4.78 is 6.66. The van der Waals surface area contributed by atoms with E-state index >= 15 is 0 Å². The van der Waals surface area contributed by atoms with Crippen molar-refractivity contribution in [2.45, 2.75) is 6.92 Å². The van der Waals surface area contributed by atoms with Crippen LogP contribution in [0.2, 0.25) is 0 Å². The zero-order chi connectivity index (χ0) is 19.4. The second-order valence-corrected chi connectivity index (χ2v) is 7.38. The summed E-state index contributed by atoms with van der Waals surface area (Å²) >= 11 is 6.74. The molecule has 1 heterocycles. The number of benzene rings is 2. The molecule has 0 bridgehead atoms. The van der Waals surface area contributed by atoms with Crippen molar-refractivity contribution in [2.24, 2.45) is 5.10 Å². The Bertz CT molecular complexity index is 1010. The number of halogens is 2. The molecule has 0 aliphatic rings. The maximum Gasteiger partial charge on any atom is 0.165 e. The minimum Gasteiger partial charge on any atom is -0.506 e. The van der Waals surface area contributed by atoms with Gasteiger partial charge >= 0.3 is 0 Å². The number of para-hydroxylation sites is 1. The first-order valence-electron chi connectivity index (χ1n) is 7.94. The molecular weight excluding hydrogens is 476 g/mol. The van der Waals surface area contributed by atoms with Gasteiger partial charge in [0.1, 0.15) is 11.5 Å². The summed E-state index contributed by atoms with van der Waals surface area (Å²) in [6.07, 6.45) is 1.66. The third-order valence-corrected chi connectivity index (χ3v) is 4.71. The van der Waals surface area contributed by atoms with E-state index < -0.39 is 0 Å². The summed E-state index contributed by atoms with van der Waals surface area (Å²) in [5.41, 5.74) is 4.99. The van der Waals surface area contributed by atoms with Crippen LogP contribution in [0.1, 0.15) is 11.3 Å². The van der Waals surface area contributed by atoms with Crippen LogP contribution in [0, 0.1) is 6.92 Å². The Labute approximate surface area is 173 Å². The summed E-state index contributed by atoms with van der Waals surface area (Å²) in [5.74, 6) is 1.71. The van der Waals surface area contributed by atoms with E-state index in [1.54, 1.807) is 31.5 Å². The van der Waals surface area contributed by atoms with E-state index in [9.17, 15) is 5.11 Å². The van der Waals surface area contributed by atoms with Gasteiger partial charge in [0, 0.05) is 21.8 Å². The molecule has 3 aromatic rings. The number of hydrazone groups is 1. The first-order valence-corrected chi connectivity index (χ1v) is 9.52. The Morgan fingerprint density at radius 1 is 1.15 bits per heavy atom. The standard InChI is InChI=1S/C19H16Br2N4O2/c1-11-7-17(25-22-10-12-5-3-4-6-16(12)27-2)24-19(23-11)14-8-13(20)9-15(21)18(14)26/h3-10,26H,1-2H3,(H,23,24,25). The first-order chi connectivity index (χ1) is 13.0. The van der Waals surface area contributed by atoms with Gasteiger partial charge in [0.05, 0.1) is 23.4 Å². The zero-order valence-corrected chi connectivity index (χ0v) is 17.7. The maximum absolute atomic E-state index is 10.3. The Morgan fingerprint density at radius 2 is 1.93 bits per heavy atom. The molecule has 0 aliphatic carbocycles. The molecular formula is C19H16Br2N4O2. The number of aromatic hydroxyl groups is 1. The second kappa shape index (κ2) is 8.49. The molecule has 2 N–H and O–H groups in total. The van der Waals surface area contributed by atoms with Crippen molar-refractivity contribution < 1.29 is 9.84 Å². The summed E-state index contributed by atoms with van der Waals surface area (Å²) in [6.45, 7) is 1.85. The van der Waals surface area contributed by atoms with Gasteiger partial charge in [0.25, 0.3) is 0 Å². The van der Waals surface area contributed by atoms with Gasteiger partial charge in [-0.1, -0.05) is 28.1 Å². The fourth-order valence-corrected chi connectivity index (χ4v) is 3.65. The number of hydrogen-bond donors (Lipinski definition) is 2. The molecule has 138 valence electrons. The molecule has 0 saturated carbocycles. The van der Waals surface area contributed by atoms with Crippen LogP contribution in [0.3, 0.4) is 0 Å². The highest BCUT2D eigenvalue weighted by Gasteiger charge is 2.13. The Hall–Kier alpha value is -2.45. The summed E-state index contributed by atoms with van der Waals surface area (Å²) in [5, 5.41) is 14.6. The SMILES string of the molecule is COc1ccccc1C=NNc1cc(C)nc(-c2cc(Br)cc(Br)c2O)n1. The molecule has 27 heavy (non-hydrogen) atoms. The molecule has 0 aliphatic heterocycles. The lowest BCUT2D eigenvalue weighted by Gasteiger charge is -2.09. The van der Waals surface area contributed by atoms with Crippen LogP contribution >= 0.6 is 31.9 Å². The molecule has 0 amide bonds. The number of aromatic nitrogens is 2. The number of anilines is 1. The van der Waals surface area contributed by atoms with E-state index in [1.165, 1.54) is 0 Å². The van der Waals surface area contributed by atoms with Crippen LogP contribution in [-0.2, 0) is 0 Å². The Kier molecular flexibility index (Phi) is 6.08. The van der Waals surface area contributed by atoms with E-state index in [1.807, 2.05) is 31.2 Å². The topological polar surface area (TPSA) is 79.6 Å². The van der Waals surface area contributed by atoms with Crippen molar-refractivity contribution in [1.82, 2.24) is 9.97 Å². The maximum atomic E-state index is 10.3. The molecule has 6 nitrogen and oxygen atoms in total. The van der Waals surface area contributed by atoms with Crippen molar-refractivity contribution >= 4 is 43.9 Å². The number of rotatable bonds is 5. The van der Waals surface area contributed by atoms with Gasteiger partial charge < -0.3 is 9.84 Å².